The lowest BCUT2D eigenvalue weighted by atomic mass is 10.1. The lowest BCUT2D eigenvalue weighted by Crippen LogP contribution is -2.49. The number of piperazine rings is 1. The van der Waals surface area contributed by atoms with E-state index in [1.54, 1.807) is 86.8 Å². The molecule has 0 aromatic heterocycles. The molecule has 5 heterocycles. The van der Waals surface area contributed by atoms with E-state index in [2.05, 4.69) is 9.98 Å². The zero-order valence-corrected chi connectivity index (χ0v) is 46.5. The average molecular weight is 1100 g/mol. The quantitative estimate of drug-likeness (QED) is 0.0430. The summed E-state index contributed by atoms with van der Waals surface area (Å²) in [7, 11) is 6.35. The van der Waals surface area contributed by atoms with Crippen LogP contribution in [0.1, 0.15) is 109 Å². The van der Waals surface area contributed by atoms with Crippen LogP contribution < -0.4 is 37.9 Å². The van der Waals surface area contributed by atoms with Crippen molar-refractivity contribution in [3.8, 4) is 46.0 Å². The van der Waals surface area contributed by atoms with Crippen LogP contribution in [0.25, 0.3) is 12.2 Å². The Balaban J connectivity index is 0.633. The molecule has 0 spiro atoms. The van der Waals surface area contributed by atoms with Crippen molar-refractivity contribution in [2.24, 2.45) is 9.98 Å². The number of benzene rings is 4. The summed E-state index contributed by atoms with van der Waals surface area (Å²) < 4.78 is 46.8. The lowest BCUT2D eigenvalue weighted by Gasteiger charge is -2.33. The van der Waals surface area contributed by atoms with Crippen LogP contribution in [0.4, 0.5) is 11.4 Å². The summed E-state index contributed by atoms with van der Waals surface area (Å²) in [6.45, 7) is 5.23. The van der Waals surface area contributed by atoms with Crippen molar-refractivity contribution in [3.63, 3.8) is 0 Å². The third kappa shape index (κ3) is 14.0. The van der Waals surface area contributed by atoms with Gasteiger partial charge in [-0.15, -0.1) is 0 Å². The summed E-state index contributed by atoms with van der Waals surface area (Å²) in [6.07, 6.45) is 21.4. The average Bonchev–Trinajstić information content (AvgIpc) is 4.19. The summed E-state index contributed by atoms with van der Waals surface area (Å²) in [6, 6.07) is 18.4. The molecule has 0 N–H and O–H groups in total. The van der Waals surface area contributed by atoms with E-state index in [1.807, 2.05) is 58.6 Å². The largest absolute Gasteiger partial charge is 0.493 e. The highest BCUT2D eigenvalue weighted by Gasteiger charge is 2.34. The smallest absolute Gasteiger partial charge is 0.256 e. The van der Waals surface area contributed by atoms with Gasteiger partial charge in [-0.1, -0.05) is 12.1 Å². The predicted molar refractivity (Wildman–Crippen MR) is 307 cm³/mol. The van der Waals surface area contributed by atoms with Gasteiger partial charge in [-0.05, 0) is 137 Å². The Kier molecular flexibility index (Phi) is 19.6. The van der Waals surface area contributed by atoms with Gasteiger partial charge in [0, 0.05) is 76.0 Å². The number of hydrogen-bond acceptors (Lipinski definition) is 14. The van der Waals surface area contributed by atoms with Crippen LogP contribution in [0, 0.1) is 0 Å². The van der Waals surface area contributed by atoms with Crippen LogP contribution in [-0.2, 0) is 9.59 Å². The van der Waals surface area contributed by atoms with E-state index in [-0.39, 0.29) is 35.7 Å². The van der Waals surface area contributed by atoms with E-state index >= 15 is 0 Å². The van der Waals surface area contributed by atoms with Gasteiger partial charge in [-0.25, -0.2) is 0 Å². The maximum Gasteiger partial charge on any atom is 0.256 e. The number of carbonyl (C=O) groups is 4. The van der Waals surface area contributed by atoms with E-state index in [4.69, 9.17) is 37.9 Å². The highest BCUT2D eigenvalue weighted by molar-refractivity contribution is 6.04. The van der Waals surface area contributed by atoms with Gasteiger partial charge in [0.25, 0.3) is 11.8 Å². The first-order chi connectivity index (χ1) is 39.1. The summed E-state index contributed by atoms with van der Waals surface area (Å²) in [5.74, 6) is 4.36. The van der Waals surface area contributed by atoms with E-state index in [9.17, 15) is 19.2 Å². The van der Waals surface area contributed by atoms with Crippen LogP contribution in [-0.4, -0.2) is 162 Å². The van der Waals surface area contributed by atoms with Crippen molar-refractivity contribution < 1.29 is 57.1 Å². The Morgan fingerprint density at radius 3 is 1.20 bits per heavy atom. The molecule has 0 aliphatic carbocycles. The van der Waals surface area contributed by atoms with E-state index < -0.39 is 0 Å². The number of fused-ring (bicyclic) bond motifs is 4. The van der Waals surface area contributed by atoms with E-state index in [0.717, 1.165) is 101 Å². The van der Waals surface area contributed by atoms with Gasteiger partial charge in [0.15, 0.2) is 46.0 Å². The molecule has 5 aliphatic rings. The van der Waals surface area contributed by atoms with Crippen LogP contribution >= 0.6 is 0 Å². The topological polar surface area (TPSA) is 180 Å². The minimum absolute atomic E-state index is 0.0135. The summed E-state index contributed by atoms with van der Waals surface area (Å²) in [4.78, 5) is 69.3. The van der Waals surface area contributed by atoms with Crippen LogP contribution in [0.3, 0.4) is 0 Å². The summed E-state index contributed by atoms with van der Waals surface area (Å²) in [5, 5.41) is 0. The lowest BCUT2D eigenvalue weighted by molar-refractivity contribution is -0.133. The molecule has 80 heavy (non-hydrogen) atoms. The monoisotopic (exact) mass is 1090 g/mol. The first kappa shape index (κ1) is 56.7. The number of rotatable bonds is 26. The Labute approximate surface area is 468 Å². The molecule has 9 rings (SSSR count). The van der Waals surface area contributed by atoms with Crippen molar-refractivity contribution in [1.29, 1.82) is 0 Å². The molecule has 0 saturated carbocycles. The summed E-state index contributed by atoms with van der Waals surface area (Å²) in [5.41, 5.74) is 3.91. The van der Waals surface area contributed by atoms with Crippen molar-refractivity contribution in [1.82, 2.24) is 19.6 Å². The van der Waals surface area contributed by atoms with E-state index in [0.29, 0.717) is 121 Å². The van der Waals surface area contributed by atoms with Gasteiger partial charge < -0.3 is 57.5 Å². The molecule has 424 valence electrons. The number of aliphatic imine (C=N–C) groups is 2. The zero-order valence-electron chi connectivity index (χ0n) is 46.5. The number of carbonyl (C=O) groups excluding carboxylic acids is 4. The molecular formula is C62H74N6O12. The van der Waals surface area contributed by atoms with Crippen molar-refractivity contribution in [2.45, 2.75) is 89.1 Å². The molecular weight excluding hydrogens is 1020 g/mol. The maximum absolute atomic E-state index is 13.2. The van der Waals surface area contributed by atoms with Crippen LogP contribution in [0.2, 0.25) is 0 Å². The minimum Gasteiger partial charge on any atom is -0.493 e. The van der Waals surface area contributed by atoms with Gasteiger partial charge in [0.1, 0.15) is 0 Å². The highest BCUT2D eigenvalue weighted by atomic mass is 16.5. The second-order valence-corrected chi connectivity index (χ2v) is 20.4. The highest BCUT2D eigenvalue weighted by Crippen LogP contribution is 2.40. The normalized spacial score (nSPS) is 17.4. The fourth-order valence-corrected chi connectivity index (χ4v) is 10.6. The number of ether oxygens (including phenoxy) is 8. The molecule has 4 aromatic carbocycles. The Morgan fingerprint density at radius 1 is 0.463 bits per heavy atom. The standard InChI is InChI=1S/C62H74N6O12/c1-73-53-35-43(17-21-51(53)77-31-9-5-7-11-33-79-57-39-49-47(37-55(57)75-3)61(71)67-25-13-15-45(67)41-63-49)19-23-59(69)65-27-29-66(30-28-65)60(70)24-20-44-18-22-52(54(36-44)74-2)78-32-10-6-8-12-34-80-58-40-50-48(38-56(58)76-4)62(72)68-26-14-16-46(68)42-64-50/h17-24,35-42,45-46H,5-16,25-34H2,1-4H3/b23-19+,24-20+/t45-,46-/m0/s1. The zero-order chi connectivity index (χ0) is 55.8. The predicted octanol–water partition coefficient (Wildman–Crippen LogP) is 9.80. The number of amides is 4. The van der Waals surface area contributed by atoms with Crippen LogP contribution in [0.15, 0.2) is 82.8 Å². The first-order valence-corrected chi connectivity index (χ1v) is 28.1. The molecule has 18 heteroatoms. The fourth-order valence-electron chi connectivity index (χ4n) is 10.6. The molecule has 0 unspecified atom stereocenters. The number of methoxy groups -OCH3 is 4. The van der Waals surface area contributed by atoms with Gasteiger partial charge in [0.2, 0.25) is 11.8 Å². The first-order valence-electron chi connectivity index (χ1n) is 28.1. The second-order valence-electron chi connectivity index (χ2n) is 20.4. The fraction of sp³-hybridized carbons (Fsp3) is 0.452. The summed E-state index contributed by atoms with van der Waals surface area (Å²) >= 11 is 0. The van der Waals surface area contributed by atoms with Crippen molar-refractivity contribution in [3.05, 3.63) is 95.1 Å². The molecule has 0 bridgehead atoms. The minimum atomic E-state index is -0.130. The number of hydrogen-bond donors (Lipinski definition) is 0. The number of nitrogens with zero attached hydrogens (tertiary/aromatic N) is 6. The Morgan fingerprint density at radius 2 is 0.825 bits per heavy atom. The number of unbranched alkanes of at least 4 members (excludes halogenated alkanes) is 6. The van der Waals surface area contributed by atoms with Crippen molar-refractivity contribution in [2.75, 3.05) is 94.1 Å². The van der Waals surface area contributed by atoms with Crippen molar-refractivity contribution >= 4 is 59.6 Å². The van der Waals surface area contributed by atoms with Gasteiger partial charge in [-0.2, -0.15) is 0 Å². The van der Waals surface area contributed by atoms with Gasteiger partial charge in [0.05, 0.1) is 89.5 Å². The molecule has 4 aromatic rings. The molecule has 0 radical (unpaired) electrons. The molecule has 3 saturated heterocycles. The molecule has 18 nitrogen and oxygen atoms in total. The van der Waals surface area contributed by atoms with Crippen LogP contribution in [0.5, 0.6) is 46.0 Å². The maximum atomic E-state index is 13.2. The SMILES string of the molecule is COc1cc(/C=C/C(=O)N2CCN(C(=O)/C=C/c3ccc(OCCCCCCOc4cc5c(cc4OC)C(=O)N4CCC[C@H]4C=N5)c(OC)c3)CC2)ccc1OCCCCCCOc1cc2c(cc1OC)C(=O)N1CCC[C@H]1C=N2. The molecule has 4 amide bonds. The third-order valence-electron chi connectivity index (χ3n) is 15.1. The molecule has 2 atom stereocenters. The van der Waals surface area contributed by atoms with Gasteiger partial charge in [-0.3, -0.25) is 29.2 Å². The molecule has 5 aliphatic heterocycles. The Bertz CT molecular complexity index is 2770. The second kappa shape index (κ2) is 27.7. The Hall–Kier alpha value is -8.02. The third-order valence-corrected chi connectivity index (χ3v) is 15.1. The van der Waals surface area contributed by atoms with E-state index in [1.165, 1.54) is 0 Å². The molecule has 3 fully saturated rings. The van der Waals surface area contributed by atoms with Gasteiger partial charge >= 0.3 is 0 Å².